The van der Waals surface area contributed by atoms with Gasteiger partial charge in [0.2, 0.25) is 0 Å². The van der Waals surface area contributed by atoms with Gasteiger partial charge in [-0.1, -0.05) is 0 Å². The molecule has 0 aromatic heterocycles. The van der Waals surface area contributed by atoms with Gasteiger partial charge in [0.05, 0.1) is 6.42 Å². The van der Waals surface area contributed by atoms with Crippen molar-refractivity contribution in [2.45, 2.75) is 32.0 Å². The summed E-state index contributed by atoms with van der Waals surface area (Å²) in [6.45, 7) is 0.850. The molecule has 0 heterocycles. The molecule has 4 N–H and O–H groups in total. The van der Waals surface area contributed by atoms with Crippen molar-refractivity contribution < 1.29 is 39.2 Å². The number of carbonyl (C=O) groups excluding carboxylic acids is 2. The van der Waals surface area contributed by atoms with E-state index in [9.17, 15) is 24.3 Å². The second-order valence-corrected chi connectivity index (χ2v) is 5.30. The summed E-state index contributed by atoms with van der Waals surface area (Å²) in [5.41, 5.74) is 0. The molecule has 0 saturated heterocycles. The number of rotatable bonds is 9. The molecule has 1 atom stereocenters. The van der Waals surface area contributed by atoms with Crippen molar-refractivity contribution in [3.8, 4) is 0 Å². The molecule has 0 spiro atoms. The number of carboxylic acids is 1. The standard InChI is InChI=1S/C11H17NO8S/c1-11(19,9(16)12-10(17)18)20-8(15)4-6-21-5-2-3-7(13)14/h19H,2-6H2,1H3,(H,12,16)(H,13,14)(H,17,18). The summed E-state index contributed by atoms with van der Waals surface area (Å²) in [5.74, 6) is -4.81. The summed E-state index contributed by atoms with van der Waals surface area (Å²) in [7, 11) is 0. The Kier molecular flexibility index (Phi) is 8.39. The maximum atomic E-state index is 11.4. The fourth-order valence-corrected chi connectivity index (χ4v) is 1.98. The quantitative estimate of drug-likeness (QED) is 0.261. The van der Waals surface area contributed by atoms with Gasteiger partial charge in [-0.05, 0) is 12.2 Å². The van der Waals surface area contributed by atoms with Crippen molar-refractivity contribution in [2.75, 3.05) is 11.5 Å². The molecule has 9 nitrogen and oxygen atoms in total. The maximum absolute atomic E-state index is 11.4. The molecule has 0 aliphatic heterocycles. The number of thioether (sulfide) groups is 1. The highest BCUT2D eigenvalue weighted by Crippen LogP contribution is 2.11. The van der Waals surface area contributed by atoms with E-state index in [1.165, 1.54) is 17.1 Å². The number of carboxylic acid groups (broad SMARTS) is 2. The largest absolute Gasteiger partial charge is 0.481 e. The molecule has 0 bridgehead atoms. The smallest absolute Gasteiger partial charge is 0.411 e. The third-order valence-electron chi connectivity index (χ3n) is 2.08. The van der Waals surface area contributed by atoms with E-state index in [0.717, 1.165) is 6.92 Å². The van der Waals surface area contributed by atoms with Crippen molar-refractivity contribution in [1.82, 2.24) is 5.32 Å². The van der Waals surface area contributed by atoms with Crippen molar-refractivity contribution in [2.24, 2.45) is 0 Å². The van der Waals surface area contributed by atoms with Gasteiger partial charge >= 0.3 is 23.9 Å². The highest BCUT2D eigenvalue weighted by Gasteiger charge is 2.35. The van der Waals surface area contributed by atoms with E-state index >= 15 is 0 Å². The van der Waals surface area contributed by atoms with Crippen molar-refractivity contribution in [3.63, 3.8) is 0 Å². The fraction of sp³-hybridized carbons (Fsp3) is 0.636. The first-order valence-corrected chi connectivity index (χ1v) is 7.08. The normalized spacial score (nSPS) is 13.0. The lowest BCUT2D eigenvalue weighted by atomic mass is 10.3. The SMILES string of the molecule is CC(O)(OC(=O)CCSCCCC(=O)O)C(=O)NC(=O)O. The third kappa shape index (κ3) is 9.68. The number of amides is 2. The van der Waals surface area contributed by atoms with E-state index in [1.54, 1.807) is 0 Å². The monoisotopic (exact) mass is 323 g/mol. The molecule has 0 aromatic carbocycles. The predicted molar refractivity (Wildman–Crippen MR) is 71.7 cm³/mol. The van der Waals surface area contributed by atoms with Crippen LogP contribution in [0.2, 0.25) is 0 Å². The van der Waals surface area contributed by atoms with Gasteiger partial charge in [0.15, 0.2) is 0 Å². The Morgan fingerprint density at radius 3 is 2.29 bits per heavy atom. The minimum absolute atomic E-state index is 0.0432. The van der Waals surface area contributed by atoms with Crippen LogP contribution < -0.4 is 5.32 Å². The van der Waals surface area contributed by atoms with Gasteiger partial charge in [0.25, 0.3) is 5.79 Å². The molecule has 0 rings (SSSR count). The molecule has 21 heavy (non-hydrogen) atoms. The van der Waals surface area contributed by atoms with E-state index in [0.29, 0.717) is 17.9 Å². The minimum Gasteiger partial charge on any atom is -0.481 e. The predicted octanol–water partition coefficient (Wildman–Crippen LogP) is 0.0204. The van der Waals surface area contributed by atoms with E-state index in [1.807, 2.05) is 0 Å². The highest BCUT2D eigenvalue weighted by atomic mass is 32.2. The lowest BCUT2D eigenvalue weighted by Gasteiger charge is -2.21. The van der Waals surface area contributed by atoms with E-state index in [4.69, 9.17) is 10.2 Å². The molecule has 1 unspecified atom stereocenters. The van der Waals surface area contributed by atoms with Crippen molar-refractivity contribution in [3.05, 3.63) is 0 Å². The number of nitrogens with one attached hydrogen (secondary N) is 1. The number of carbonyl (C=O) groups is 4. The summed E-state index contributed by atoms with van der Waals surface area (Å²) in [5, 5.41) is 27.6. The van der Waals surface area contributed by atoms with Gasteiger partial charge in [0.1, 0.15) is 0 Å². The summed E-state index contributed by atoms with van der Waals surface area (Å²) in [4.78, 5) is 43.1. The van der Waals surface area contributed by atoms with E-state index in [-0.39, 0.29) is 12.8 Å². The highest BCUT2D eigenvalue weighted by molar-refractivity contribution is 7.99. The molecule has 120 valence electrons. The van der Waals surface area contributed by atoms with Crippen LogP contribution in [0.15, 0.2) is 0 Å². The molecular formula is C11H17NO8S. The van der Waals surface area contributed by atoms with Crippen LogP contribution in [-0.4, -0.2) is 56.6 Å². The average Bonchev–Trinajstić information content (AvgIpc) is 2.31. The van der Waals surface area contributed by atoms with Gasteiger partial charge < -0.3 is 20.1 Å². The number of ether oxygens (including phenoxy) is 1. The molecule has 0 radical (unpaired) electrons. The van der Waals surface area contributed by atoms with Crippen LogP contribution in [0, 0.1) is 0 Å². The summed E-state index contributed by atoms with van der Waals surface area (Å²) >= 11 is 1.33. The first-order chi connectivity index (χ1) is 9.65. The third-order valence-corrected chi connectivity index (χ3v) is 3.15. The van der Waals surface area contributed by atoms with E-state index in [2.05, 4.69) is 4.74 Å². The first kappa shape index (κ1) is 19.2. The number of hydrogen-bond donors (Lipinski definition) is 4. The van der Waals surface area contributed by atoms with Crippen LogP contribution in [0.1, 0.15) is 26.2 Å². The molecule has 0 fully saturated rings. The average molecular weight is 323 g/mol. The van der Waals surface area contributed by atoms with Crippen LogP contribution in [0.3, 0.4) is 0 Å². The Balaban J connectivity index is 3.94. The summed E-state index contributed by atoms with van der Waals surface area (Å²) in [6, 6.07) is 0. The fourth-order valence-electron chi connectivity index (χ4n) is 1.12. The maximum Gasteiger partial charge on any atom is 0.411 e. The number of esters is 1. The Morgan fingerprint density at radius 1 is 1.14 bits per heavy atom. The molecule has 0 aliphatic rings. The Bertz CT molecular complexity index is 409. The van der Waals surface area contributed by atoms with Gasteiger partial charge in [-0.2, -0.15) is 11.8 Å². The van der Waals surface area contributed by atoms with Crippen LogP contribution in [0.4, 0.5) is 4.79 Å². The Morgan fingerprint density at radius 2 is 1.76 bits per heavy atom. The summed E-state index contributed by atoms with van der Waals surface area (Å²) in [6.07, 6.45) is -1.27. The Labute approximate surface area is 124 Å². The second kappa shape index (κ2) is 9.19. The number of aliphatic carboxylic acids is 1. The van der Waals surface area contributed by atoms with Crippen LogP contribution in [0.25, 0.3) is 0 Å². The van der Waals surface area contributed by atoms with Gasteiger partial charge in [-0.15, -0.1) is 0 Å². The van der Waals surface area contributed by atoms with Gasteiger partial charge in [0, 0.05) is 19.1 Å². The topological polar surface area (TPSA) is 150 Å². The number of hydrogen-bond acceptors (Lipinski definition) is 7. The zero-order chi connectivity index (χ0) is 16.5. The van der Waals surface area contributed by atoms with Crippen LogP contribution in [-0.2, 0) is 19.1 Å². The van der Waals surface area contributed by atoms with Crippen LogP contribution in [0.5, 0.6) is 0 Å². The number of imide groups is 1. The Hall–Kier alpha value is -1.81. The van der Waals surface area contributed by atoms with E-state index < -0.39 is 29.7 Å². The zero-order valence-corrected chi connectivity index (χ0v) is 12.1. The molecule has 2 amide bonds. The summed E-state index contributed by atoms with van der Waals surface area (Å²) < 4.78 is 4.48. The molecule has 0 aromatic rings. The molecule has 0 saturated carbocycles. The zero-order valence-electron chi connectivity index (χ0n) is 11.3. The molecular weight excluding hydrogens is 306 g/mol. The lowest BCUT2D eigenvalue weighted by Crippen LogP contribution is -2.49. The molecule has 0 aliphatic carbocycles. The lowest BCUT2D eigenvalue weighted by molar-refractivity contribution is -0.204. The number of aliphatic hydroxyl groups is 1. The van der Waals surface area contributed by atoms with Gasteiger partial charge in [-0.3, -0.25) is 19.7 Å². The van der Waals surface area contributed by atoms with Crippen molar-refractivity contribution in [1.29, 1.82) is 0 Å². The van der Waals surface area contributed by atoms with Crippen LogP contribution >= 0.6 is 11.8 Å². The van der Waals surface area contributed by atoms with Crippen molar-refractivity contribution >= 4 is 35.7 Å². The first-order valence-electron chi connectivity index (χ1n) is 5.93. The molecule has 10 heteroatoms. The van der Waals surface area contributed by atoms with Gasteiger partial charge in [-0.25, -0.2) is 4.79 Å². The second-order valence-electron chi connectivity index (χ2n) is 4.08. The minimum atomic E-state index is -2.57.